The second kappa shape index (κ2) is 8.05. The van der Waals surface area contributed by atoms with Crippen LogP contribution in [-0.2, 0) is 21.4 Å². The number of piperazine rings is 1. The average Bonchev–Trinajstić information content (AvgIpc) is 3.10. The molecule has 1 aliphatic heterocycles. The van der Waals surface area contributed by atoms with E-state index in [0.29, 0.717) is 38.6 Å². The molecule has 3 rings (SSSR count). The second-order valence-corrected chi connectivity index (χ2v) is 8.12. The first-order valence-electron chi connectivity index (χ1n) is 7.88. The van der Waals surface area contributed by atoms with E-state index in [0.717, 1.165) is 10.7 Å². The molecule has 0 bridgehead atoms. The van der Waals surface area contributed by atoms with Crippen LogP contribution in [0.25, 0.3) is 6.08 Å². The fraction of sp³-hybridized carbons (Fsp3) is 0.375. The van der Waals surface area contributed by atoms with Crippen molar-refractivity contribution in [2.24, 2.45) is 0 Å². The highest BCUT2D eigenvalue weighted by atomic mass is 32.2. The molecular formula is C16H20N4O3S2. The molecule has 0 amide bonds. The van der Waals surface area contributed by atoms with E-state index in [-0.39, 0.29) is 0 Å². The van der Waals surface area contributed by atoms with Gasteiger partial charge in [0.05, 0.1) is 0 Å². The Morgan fingerprint density at radius 3 is 2.60 bits per heavy atom. The summed E-state index contributed by atoms with van der Waals surface area (Å²) in [5.41, 5.74) is 0.865. The number of hydrogen-bond donors (Lipinski definition) is 0. The summed E-state index contributed by atoms with van der Waals surface area (Å²) >= 11 is 1.32. The number of hydrogen-bond acceptors (Lipinski definition) is 7. The Balaban J connectivity index is 1.60. The first kappa shape index (κ1) is 18.0. The van der Waals surface area contributed by atoms with Crippen molar-refractivity contribution in [2.45, 2.75) is 6.61 Å². The Kier molecular flexibility index (Phi) is 5.79. The molecule has 0 aliphatic carbocycles. The van der Waals surface area contributed by atoms with Gasteiger partial charge in [-0.25, -0.2) is 13.4 Å². The van der Waals surface area contributed by atoms with Gasteiger partial charge in [-0.05, 0) is 11.6 Å². The standard InChI is InChI=1S/C16H20N4O3S2/c1-23-13-15-17-16(24-18-15)19-8-10-20(11-9-19)25(21,22)12-7-14-5-3-2-4-6-14/h2-7,12H,8-11,13H2,1H3/b12-7+. The molecule has 1 saturated heterocycles. The van der Waals surface area contributed by atoms with E-state index in [1.165, 1.54) is 21.2 Å². The smallest absolute Gasteiger partial charge is 0.236 e. The van der Waals surface area contributed by atoms with E-state index in [1.807, 2.05) is 30.3 Å². The van der Waals surface area contributed by atoms with Gasteiger partial charge < -0.3 is 9.64 Å². The first-order valence-corrected chi connectivity index (χ1v) is 10.2. The van der Waals surface area contributed by atoms with Gasteiger partial charge in [-0.3, -0.25) is 0 Å². The van der Waals surface area contributed by atoms with E-state index in [4.69, 9.17) is 4.74 Å². The molecule has 134 valence electrons. The minimum atomic E-state index is -3.42. The zero-order valence-corrected chi connectivity index (χ0v) is 15.5. The monoisotopic (exact) mass is 380 g/mol. The van der Waals surface area contributed by atoms with Crippen molar-refractivity contribution >= 4 is 32.8 Å². The molecule has 0 spiro atoms. The normalized spacial score (nSPS) is 16.6. The Bertz CT molecular complexity index is 813. The number of ether oxygens (including phenoxy) is 1. The summed E-state index contributed by atoms with van der Waals surface area (Å²) in [7, 11) is -1.81. The summed E-state index contributed by atoms with van der Waals surface area (Å²) in [6.45, 7) is 2.44. The SMILES string of the molecule is COCc1nsc(N2CCN(S(=O)(=O)/C=C/c3ccccc3)CC2)n1. The van der Waals surface area contributed by atoms with E-state index in [2.05, 4.69) is 14.3 Å². The van der Waals surface area contributed by atoms with Crippen molar-refractivity contribution in [3.63, 3.8) is 0 Å². The third kappa shape index (κ3) is 4.63. The predicted octanol–water partition coefficient (Wildman–Crippen LogP) is 1.81. The van der Waals surface area contributed by atoms with Crippen molar-refractivity contribution in [1.82, 2.24) is 13.7 Å². The van der Waals surface area contributed by atoms with Crippen LogP contribution in [0.4, 0.5) is 5.13 Å². The summed E-state index contributed by atoms with van der Waals surface area (Å²) in [5, 5.41) is 2.09. The lowest BCUT2D eigenvalue weighted by molar-refractivity contribution is 0.179. The van der Waals surface area contributed by atoms with Crippen molar-refractivity contribution in [1.29, 1.82) is 0 Å². The fourth-order valence-corrected chi connectivity index (χ4v) is 4.41. The summed E-state index contributed by atoms with van der Waals surface area (Å²) in [6.07, 6.45) is 1.63. The summed E-state index contributed by atoms with van der Waals surface area (Å²) < 4.78 is 35.7. The third-order valence-corrected chi connectivity index (χ3v) is 6.21. The van der Waals surface area contributed by atoms with Gasteiger partial charge in [-0.2, -0.15) is 8.68 Å². The molecule has 2 aromatic rings. The molecule has 0 saturated carbocycles. The van der Waals surface area contributed by atoms with Gasteiger partial charge in [-0.15, -0.1) is 0 Å². The molecule has 0 radical (unpaired) electrons. The van der Waals surface area contributed by atoms with Gasteiger partial charge in [0, 0.05) is 50.2 Å². The first-order chi connectivity index (χ1) is 12.1. The zero-order valence-electron chi connectivity index (χ0n) is 13.9. The maximum Gasteiger partial charge on any atom is 0.236 e. The largest absolute Gasteiger partial charge is 0.377 e. The van der Waals surface area contributed by atoms with Crippen molar-refractivity contribution in [3.8, 4) is 0 Å². The molecule has 1 aliphatic rings. The highest BCUT2D eigenvalue weighted by Crippen LogP contribution is 2.20. The van der Waals surface area contributed by atoms with Gasteiger partial charge >= 0.3 is 0 Å². The van der Waals surface area contributed by atoms with Crippen LogP contribution in [0.5, 0.6) is 0 Å². The maximum atomic E-state index is 12.5. The zero-order chi connectivity index (χ0) is 17.7. The van der Waals surface area contributed by atoms with Crippen LogP contribution in [0, 0.1) is 0 Å². The fourth-order valence-electron chi connectivity index (χ4n) is 2.51. The van der Waals surface area contributed by atoms with Gasteiger partial charge in [0.2, 0.25) is 15.2 Å². The number of anilines is 1. The molecule has 0 N–H and O–H groups in total. The summed E-state index contributed by atoms with van der Waals surface area (Å²) in [6, 6.07) is 9.40. The van der Waals surface area contributed by atoms with Crippen molar-refractivity contribution < 1.29 is 13.2 Å². The number of rotatable bonds is 6. The Morgan fingerprint density at radius 2 is 1.92 bits per heavy atom. The van der Waals surface area contributed by atoms with Gasteiger partial charge in [0.25, 0.3) is 0 Å². The lowest BCUT2D eigenvalue weighted by Gasteiger charge is -2.32. The highest BCUT2D eigenvalue weighted by Gasteiger charge is 2.26. The number of sulfonamides is 1. The molecule has 1 fully saturated rings. The Hall–Kier alpha value is -1.81. The van der Waals surface area contributed by atoms with Crippen LogP contribution >= 0.6 is 11.5 Å². The van der Waals surface area contributed by atoms with Gasteiger partial charge in [0.1, 0.15) is 6.61 Å². The molecule has 0 atom stereocenters. The molecule has 1 aromatic carbocycles. The predicted molar refractivity (Wildman–Crippen MR) is 98.8 cm³/mol. The minimum Gasteiger partial charge on any atom is -0.377 e. The van der Waals surface area contributed by atoms with Crippen LogP contribution in [-0.4, -0.2) is 55.4 Å². The summed E-state index contributed by atoms with van der Waals surface area (Å²) in [5.74, 6) is 0.656. The van der Waals surface area contributed by atoms with Crippen LogP contribution in [0.2, 0.25) is 0 Å². The molecule has 25 heavy (non-hydrogen) atoms. The maximum absolute atomic E-state index is 12.5. The third-order valence-electron chi connectivity index (χ3n) is 3.83. The van der Waals surface area contributed by atoms with Crippen LogP contribution in [0.1, 0.15) is 11.4 Å². The van der Waals surface area contributed by atoms with E-state index < -0.39 is 10.0 Å². The summed E-state index contributed by atoms with van der Waals surface area (Å²) in [4.78, 5) is 6.47. The molecule has 9 heteroatoms. The van der Waals surface area contributed by atoms with E-state index in [1.54, 1.807) is 13.2 Å². The quantitative estimate of drug-likeness (QED) is 0.761. The van der Waals surface area contributed by atoms with Crippen molar-refractivity contribution in [3.05, 3.63) is 47.1 Å². The van der Waals surface area contributed by atoms with Gasteiger partial charge in [-0.1, -0.05) is 30.3 Å². The molecule has 0 unspecified atom stereocenters. The molecule has 2 heterocycles. The van der Waals surface area contributed by atoms with E-state index >= 15 is 0 Å². The second-order valence-electron chi connectivity index (χ2n) is 5.57. The van der Waals surface area contributed by atoms with Gasteiger partial charge in [0.15, 0.2) is 5.82 Å². The number of aromatic nitrogens is 2. The Morgan fingerprint density at radius 1 is 1.20 bits per heavy atom. The Labute approximate surface area is 151 Å². The minimum absolute atomic E-state index is 0.384. The average molecular weight is 380 g/mol. The lowest BCUT2D eigenvalue weighted by atomic mass is 10.2. The number of nitrogens with zero attached hydrogens (tertiary/aromatic N) is 4. The highest BCUT2D eigenvalue weighted by molar-refractivity contribution is 7.92. The molecule has 7 nitrogen and oxygen atoms in total. The number of methoxy groups -OCH3 is 1. The topological polar surface area (TPSA) is 75.6 Å². The molecule has 1 aromatic heterocycles. The molecular weight excluding hydrogens is 360 g/mol. The van der Waals surface area contributed by atoms with E-state index in [9.17, 15) is 8.42 Å². The van der Waals surface area contributed by atoms with Crippen LogP contribution in [0.15, 0.2) is 35.7 Å². The van der Waals surface area contributed by atoms with Crippen LogP contribution < -0.4 is 4.90 Å². The van der Waals surface area contributed by atoms with Crippen LogP contribution in [0.3, 0.4) is 0 Å². The number of benzene rings is 1. The lowest BCUT2D eigenvalue weighted by Crippen LogP contribution is -2.48. The van der Waals surface area contributed by atoms with Crippen molar-refractivity contribution in [2.75, 3.05) is 38.2 Å².